The average Bonchev–Trinajstić information content (AvgIpc) is 2.24. The van der Waals surface area contributed by atoms with E-state index in [4.69, 9.17) is 4.99 Å². The molecule has 0 radical (unpaired) electrons. The molecule has 0 aromatic carbocycles. The zero-order valence-electron chi connectivity index (χ0n) is 11.8. The van der Waals surface area contributed by atoms with E-state index < -0.39 is 0 Å². The molecule has 98 valence electrons. The molecule has 0 aromatic rings. The van der Waals surface area contributed by atoms with E-state index >= 15 is 0 Å². The third-order valence-corrected chi connectivity index (χ3v) is 3.92. The molecular formula is C14H27N3. The number of rotatable bonds is 0. The van der Waals surface area contributed by atoms with Crippen LogP contribution in [0.4, 0.5) is 0 Å². The van der Waals surface area contributed by atoms with E-state index in [0.29, 0.717) is 0 Å². The van der Waals surface area contributed by atoms with Crippen LogP contribution in [0.3, 0.4) is 0 Å². The highest BCUT2D eigenvalue weighted by Gasteiger charge is 2.40. The van der Waals surface area contributed by atoms with Gasteiger partial charge in [-0.15, -0.1) is 0 Å². The summed E-state index contributed by atoms with van der Waals surface area (Å²) < 4.78 is 0. The van der Waals surface area contributed by atoms with Gasteiger partial charge >= 0.3 is 0 Å². The Morgan fingerprint density at radius 3 is 2.53 bits per heavy atom. The van der Waals surface area contributed by atoms with Gasteiger partial charge in [-0.2, -0.15) is 0 Å². The summed E-state index contributed by atoms with van der Waals surface area (Å²) in [6, 6.07) is 0. The molecule has 1 saturated carbocycles. The first-order valence-electron chi connectivity index (χ1n) is 6.99. The second-order valence-electron chi connectivity index (χ2n) is 6.80. The van der Waals surface area contributed by atoms with Crippen molar-refractivity contribution in [2.24, 2.45) is 10.9 Å². The minimum Gasteiger partial charge on any atom is -0.368 e. The van der Waals surface area contributed by atoms with E-state index in [-0.39, 0.29) is 11.1 Å². The molecule has 1 aliphatic heterocycles. The third-order valence-electron chi connectivity index (χ3n) is 3.92. The van der Waals surface area contributed by atoms with Crippen LogP contribution in [0.25, 0.3) is 0 Å². The molecule has 3 heteroatoms. The Bertz CT molecular complexity index is 293. The van der Waals surface area contributed by atoms with Crippen molar-refractivity contribution < 1.29 is 0 Å². The van der Waals surface area contributed by atoms with E-state index in [2.05, 4.69) is 38.3 Å². The van der Waals surface area contributed by atoms with Gasteiger partial charge in [-0.3, -0.25) is 4.99 Å². The van der Waals surface area contributed by atoms with Crippen molar-refractivity contribution in [2.45, 2.75) is 64.5 Å². The van der Waals surface area contributed by atoms with E-state index in [1.807, 2.05) is 0 Å². The van der Waals surface area contributed by atoms with Crippen molar-refractivity contribution in [1.82, 2.24) is 10.6 Å². The number of aliphatic imine (C=N–C) groups is 1. The molecule has 2 N–H and O–H groups in total. The van der Waals surface area contributed by atoms with E-state index in [9.17, 15) is 0 Å². The number of hydrogen-bond donors (Lipinski definition) is 2. The SMILES string of the molecule is CC1CCC2(CC1)NCCN=C2NC(C)(C)C. The van der Waals surface area contributed by atoms with Crippen LogP contribution >= 0.6 is 0 Å². The first-order chi connectivity index (χ1) is 7.91. The molecule has 0 unspecified atom stereocenters. The molecule has 0 aromatic heterocycles. The lowest BCUT2D eigenvalue weighted by atomic mass is 9.75. The molecule has 2 rings (SSSR count). The van der Waals surface area contributed by atoms with Gasteiger partial charge in [-0.05, 0) is 52.4 Å². The molecule has 1 spiro atoms. The maximum Gasteiger partial charge on any atom is 0.117 e. The standard InChI is InChI=1S/C14H27N3/c1-11-5-7-14(8-6-11)12(15-9-10-16-14)17-13(2,3)4/h11,16H,5-10H2,1-4H3,(H,15,17). The molecule has 2 aliphatic rings. The Balaban J connectivity index is 2.14. The zero-order chi connectivity index (χ0) is 12.5. The van der Waals surface area contributed by atoms with Crippen molar-refractivity contribution >= 4 is 5.84 Å². The smallest absolute Gasteiger partial charge is 0.117 e. The van der Waals surface area contributed by atoms with Gasteiger partial charge in [0, 0.05) is 12.1 Å². The lowest BCUT2D eigenvalue weighted by Crippen LogP contribution is -2.64. The molecule has 1 fully saturated rings. The molecule has 0 atom stereocenters. The lowest BCUT2D eigenvalue weighted by molar-refractivity contribution is 0.246. The summed E-state index contributed by atoms with van der Waals surface area (Å²) in [7, 11) is 0. The van der Waals surface area contributed by atoms with E-state index in [1.54, 1.807) is 0 Å². The molecule has 1 aliphatic carbocycles. The molecule has 1 heterocycles. The van der Waals surface area contributed by atoms with Gasteiger partial charge in [0.1, 0.15) is 5.84 Å². The first-order valence-corrected chi connectivity index (χ1v) is 6.99. The Morgan fingerprint density at radius 1 is 1.29 bits per heavy atom. The van der Waals surface area contributed by atoms with Gasteiger partial charge in [0.25, 0.3) is 0 Å². The molecule has 17 heavy (non-hydrogen) atoms. The Morgan fingerprint density at radius 2 is 1.94 bits per heavy atom. The van der Waals surface area contributed by atoms with Gasteiger partial charge in [0.2, 0.25) is 0 Å². The highest BCUT2D eigenvalue weighted by atomic mass is 15.2. The normalized spacial score (nSPS) is 34.6. The van der Waals surface area contributed by atoms with Crippen LogP contribution in [0.15, 0.2) is 4.99 Å². The summed E-state index contributed by atoms with van der Waals surface area (Å²) in [6.45, 7) is 10.9. The van der Waals surface area contributed by atoms with Crippen LogP contribution in [0.2, 0.25) is 0 Å². The highest BCUT2D eigenvalue weighted by molar-refractivity contribution is 5.92. The zero-order valence-corrected chi connectivity index (χ0v) is 11.8. The summed E-state index contributed by atoms with van der Waals surface area (Å²) in [4.78, 5) is 4.76. The summed E-state index contributed by atoms with van der Waals surface area (Å²) in [5.74, 6) is 2.09. The topological polar surface area (TPSA) is 36.4 Å². The van der Waals surface area contributed by atoms with Crippen LogP contribution in [0, 0.1) is 5.92 Å². The first kappa shape index (κ1) is 12.9. The second-order valence-corrected chi connectivity index (χ2v) is 6.80. The summed E-state index contributed by atoms with van der Waals surface area (Å²) in [5.41, 5.74) is 0.256. The average molecular weight is 237 g/mol. The summed E-state index contributed by atoms with van der Waals surface area (Å²) in [6.07, 6.45) is 5.10. The largest absolute Gasteiger partial charge is 0.368 e. The fourth-order valence-electron chi connectivity index (χ4n) is 2.88. The van der Waals surface area contributed by atoms with Gasteiger partial charge in [0.15, 0.2) is 0 Å². The summed E-state index contributed by atoms with van der Waals surface area (Å²) >= 11 is 0. The maximum atomic E-state index is 4.76. The number of hydrogen-bond acceptors (Lipinski definition) is 3. The van der Waals surface area contributed by atoms with E-state index in [1.165, 1.54) is 31.5 Å². The van der Waals surface area contributed by atoms with Crippen LogP contribution < -0.4 is 10.6 Å². The minimum absolute atomic E-state index is 0.105. The van der Waals surface area contributed by atoms with Crippen molar-refractivity contribution in [3.05, 3.63) is 0 Å². The van der Waals surface area contributed by atoms with Gasteiger partial charge in [-0.25, -0.2) is 0 Å². The van der Waals surface area contributed by atoms with Crippen molar-refractivity contribution in [3.8, 4) is 0 Å². The monoisotopic (exact) mass is 237 g/mol. The third kappa shape index (κ3) is 3.01. The molecule has 0 saturated heterocycles. The molecule has 3 nitrogen and oxygen atoms in total. The molecule has 0 bridgehead atoms. The Hall–Kier alpha value is -0.570. The predicted molar refractivity (Wildman–Crippen MR) is 73.6 cm³/mol. The van der Waals surface area contributed by atoms with Crippen molar-refractivity contribution in [1.29, 1.82) is 0 Å². The van der Waals surface area contributed by atoms with Crippen LogP contribution in [-0.2, 0) is 0 Å². The van der Waals surface area contributed by atoms with Crippen LogP contribution in [-0.4, -0.2) is 30.0 Å². The van der Waals surface area contributed by atoms with Gasteiger partial charge in [-0.1, -0.05) is 6.92 Å². The fraction of sp³-hybridized carbons (Fsp3) is 0.929. The number of nitrogens with one attached hydrogen (secondary N) is 2. The number of nitrogens with zero attached hydrogens (tertiary/aromatic N) is 1. The maximum absolute atomic E-state index is 4.76. The molecular weight excluding hydrogens is 210 g/mol. The van der Waals surface area contributed by atoms with Crippen LogP contribution in [0.1, 0.15) is 53.4 Å². The lowest BCUT2D eigenvalue weighted by Gasteiger charge is -2.45. The number of amidine groups is 1. The highest BCUT2D eigenvalue weighted by Crippen LogP contribution is 2.33. The van der Waals surface area contributed by atoms with Gasteiger partial charge in [0.05, 0.1) is 12.1 Å². The summed E-state index contributed by atoms with van der Waals surface area (Å²) in [5, 5.41) is 7.36. The molecule has 0 amide bonds. The van der Waals surface area contributed by atoms with Crippen molar-refractivity contribution in [2.75, 3.05) is 13.1 Å². The second kappa shape index (κ2) is 4.60. The quantitative estimate of drug-likeness (QED) is 0.678. The predicted octanol–water partition coefficient (Wildman–Crippen LogP) is 2.33. The minimum atomic E-state index is 0.105. The van der Waals surface area contributed by atoms with Gasteiger partial charge < -0.3 is 10.6 Å². The van der Waals surface area contributed by atoms with E-state index in [0.717, 1.165) is 19.0 Å². The Labute approximate surface area is 105 Å². The van der Waals surface area contributed by atoms with Crippen LogP contribution in [0.5, 0.6) is 0 Å². The fourth-order valence-corrected chi connectivity index (χ4v) is 2.88. The van der Waals surface area contributed by atoms with Crippen molar-refractivity contribution in [3.63, 3.8) is 0 Å². The Kier molecular flexibility index (Phi) is 3.48.